The average Bonchev–Trinajstić information content (AvgIpc) is 2.00. The summed E-state index contributed by atoms with van der Waals surface area (Å²) in [5.74, 6) is -1.92. The van der Waals surface area contributed by atoms with Gasteiger partial charge in [-0.3, -0.25) is 0 Å². The number of hydrogen-bond donors (Lipinski definition) is 2. The van der Waals surface area contributed by atoms with Crippen LogP contribution in [0.2, 0.25) is 0 Å². The van der Waals surface area contributed by atoms with Gasteiger partial charge in [-0.1, -0.05) is 0 Å². The molecule has 5 nitrogen and oxygen atoms in total. The van der Waals surface area contributed by atoms with Crippen molar-refractivity contribution in [3.63, 3.8) is 0 Å². The number of carbonyl (C=O) groups is 1. The van der Waals surface area contributed by atoms with Crippen LogP contribution in [0.5, 0.6) is 5.75 Å². The fourth-order valence-electron chi connectivity index (χ4n) is 1.11. The van der Waals surface area contributed by atoms with Gasteiger partial charge >= 0.3 is 5.97 Å². The van der Waals surface area contributed by atoms with Crippen LogP contribution in [0.15, 0.2) is 17.0 Å². The number of rotatable bonds is 2. The van der Waals surface area contributed by atoms with Gasteiger partial charge in [0.2, 0.25) is 0 Å². The summed E-state index contributed by atoms with van der Waals surface area (Å²) >= 11 is 0. The smallest absolute Gasteiger partial charge is 0.339 e. The van der Waals surface area contributed by atoms with Gasteiger partial charge in [-0.05, 0) is 24.6 Å². The summed E-state index contributed by atoms with van der Waals surface area (Å²) in [5.41, 5.74) is -0.313. The van der Waals surface area contributed by atoms with Crippen molar-refractivity contribution < 1.29 is 23.4 Å². The van der Waals surface area contributed by atoms with Crippen LogP contribution in [-0.2, 0) is 9.05 Å². The Kier molecular flexibility index (Phi) is 2.92. The van der Waals surface area contributed by atoms with E-state index in [1.165, 1.54) is 6.92 Å². The lowest BCUT2D eigenvalue weighted by Gasteiger charge is -2.05. The van der Waals surface area contributed by atoms with Gasteiger partial charge in [-0.25, -0.2) is 13.2 Å². The summed E-state index contributed by atoms with van der Waals surface area (Å²) in [6, 6.07) is 1.87. The van der Waals surface area contributed by atoms with E-state index < -0.39 is 26.3 Å². The molecular formula is C8H7ClO5S. The number of aromatic hydroxyl groups is 1. The zero-order valence-corrected chi connectivity index (χ0v) is 9.13. The maximum absolute atomic E-state index is 11.0. The highest BCUT2D eigenvalue weighted by Gasteiger charge is 2.19. The van der Waals surface area contributed by atoms with Crippen molar-refractivity contribution in [2.45, 2.75) is 11.8 Å². The van der Waals surface area contributed by atoms with E-state index in [1.54, 1.807) is 0 Å². The highest BCUT2D eigenvalue weighted by atomic mass is 35.7. The highest BCUT2D eigenvalue weighted by Crippen LogP contribution is 2.27. The number of halogens is 1. The molecule has 0 amide bonds. The molecule has 0 saturated carbocycles. The molecule has 1 aromatic carbocycles. The SMILES string of the molecule is Cc1cc(O)c(C(=O)O)cc1S(=O)(=O)Cl. The third-order valence-corrected chi connectivity index (χ3v) is 3.25. The molecule has 0 spiro atoms. The van der Waals surface area contributed by atoms with Crippen molar-refractivity contribution in [1.82, 2.24) is 0 Å². The number of aromatic carboxylic acids is 1. The topological polar surface area (TPSA) is 91.7 Å². The molecule has 0 aliphatic rings. The predicted octanol–water partition coefficient (Wildman–Crippen LogP) is 1.33. The van der Waals surface area contributed by atoms with Crippen LogP contribution < -0.4 is 0 Å². The first-order chi connectivity index (χ1) is 6.73. The fraction of sp³-hybridized carbons (Fsp3) is 0.125. The zero-order valence-electron chi connectivity index (χ0n) is 7.56. The number of phenols is 1. The van der Waals surface area contributed by atoms with E-state index in [-0.39, 0.29) is 10.5 Å². The molecular weight excluding hydrogens is 244 g/mol. The van der Waals surface area contributed by atoms with Crippen LogP contribution in [0, 0.1) is 6.92 Å². The quantitative estimate of drug-likeness (QED) is 0.773. The van der Waals surface area contributed by atoms with E-state index >= 15 is 0 Å². The first-order valence-electron chi connectivity index (χ1n) is 3.75. The number of carboxylic acids is 1. The van der Waals surface area contributed by atoms with Crippen molar-refractivity contribution in [3.8, 4) is 5.75 Å². The van der Waals surface area contributed by atoms with E-state index in [9.17, 15) is 18.3 Å². The van der Waals surface area contributed by atoms with Crippen LogP contribution in [-0.4, -0.2) is 24.6 Å². The number of aryl methyl sites for hydroxylation is 1. The third kappa shape index (κ3) is 2.40. The molecule has 0 saturated heterocycles. The van der Waals surface area contributed by atoms with Gasteiger partial charge < -0.3 is 10.2 Å². The lowest BCUT2D eigenvalue weighted by molar-refractivity contribution is 0.0693. The first kappa shape index (κ1) is 11.8. The van der Waals surface area contributed by atoms with Crippen molar-refractivity contribution >= 4 is 25.7 Å². The van der Waals surface area contributed by atoms with Gasteiger partial charge in [0.1, 0.15) is 11.3 Å². The molecule has 0 atom stereocenters. The van der Waals surface area contributed by atoms with Crippen LogP contribution in [0.1, 0.15) is 15.9 Å². The Balaban J connectivity index is 3.58. The normalized spacial score (nSPS) is 11.3. The molecule has 7 heteroatoms. The van der Waals surface area contributed by atoms with E-state index in [4.69, 9.17) is 15.8 Å². The van der Waals surface area contributed by atoms with E-state index in [0.717, 1.165) is 12.1 Å². The molecule has 15 heavy (non-hydrogen) atoms. The first-order valence-corrected chi connectivity index (χ1v) is 6.06. The second kappa shape index (κ2) is 3.71. The summed E-state index contributed by atoms with van der Waals surface area (Å²) in [6.07, 6.45) is 0. The van der Waals surface area contributed by atoms with Gasteiger partial charge in [0.25, 0.3) is 9.05 Å². The maximum atomic E-state index is 11.0. The summed E-state index contributed by atoms with van der Waals surface area (Å²) in [4.78, 5) is 10.3. The third-order valence-electron chi connectivity index (χ3n) is 1.79. The summed E-state index contributed by atoms with van der Waals surface area (Å²) in [6.45, 7) is 1.40. The Hall–Kier alpha value is -1.27. The summed E-state index contributed by atoms with van der Waals surface area (Å²) in [7, 11) is 1.08. The van der Waals surface area contributed by atoms with E-state index in [2.05, 4.69) is 0 Å². The molecule has 1 rings (SSSR count). The maximum Gasteiger partial charge on any atom is 0.339 e. The zero-order chi connectivity index (χ0) is 11.8. The van der Waals surface area contributed by atoms with Crippen molar-refractivity contribution in [2.75, 3.05) is 0 Å². The molecule has 0 fully saturated rings. The van der Waals surface area contributed by atoms with E-state index in [1.807, 2.05) is 0 Å². The molecule has 0 radical (unpaired) electrons. The van der Waals surface area contributed by atoms with Crippen molar-refractivity contribution in [1.29, 1.82) is 0 Å². The van der Waals surface area contributed by atoms with Crippen molar-refractivity contribution in [2.24, 2.45) is 0 Å². The van der Waals surface area contributed by atoms with Crippen LogP contribution >= 0.6 is 10.7 Å². The molecule has 0 unspecified atom stereocenters. The fourth-order valence-corrected chi connectivity index (χ4v) is 2.31. The largest absolute Gasteiger partial charge is 0.507 e. The Morgan fingerprint density at radius 2 is 1.93 bits per heavy atom. The summed E-state index contributed by atoms with van der Waals surface area (Å²) < 4.78 is 22.1. The molecule has 0 aliphatic carbocycles. The molecule has 82 valence electrons. The molecule has 0 heterocycles. The lowest BCUT2D eigenvalue weighted by Crippen LogP contribution is -2.02. The van der Waals surface area contributed by atoms with E-state index in [0.29, 0.717) is 0 Å². The Bertz CT molecular complexity index is 520. The molecule has 2 N–H and O–H groups in total. The predicted molar refractivity (Wildman–Crippen MR) is 52.8 cm³/mol. The second-order valence-corrected chi connectivity index (χ2v) is 5.41. The minimum atomic E-state index is -4.01. The van der Waals surface area contributed by atoms with Gasteiger partial charge in [0.05, 0.1) is 4.90 Å². The van der Waals surface area contributed by atoms with Crippen LogP contribution in [0.3, 0.4) is 0 Å². The Morgan fingerprint density at radius 1 is 1.40 bits per heavy atom. The van der Waals surface area contributed by atoms with Gasteiger partial charge in [0, 0.05) is 10.7 Å². The van der Waals surface area contributed by atoms with Gasteiger partial charge in [0.15, 0.2) is 0 Å². The van der Waals surface area contributed by atoms with Crippen molar-refractivity contribution in [3.05, 3.63) is 23.3 Å². The molecule has 0 aliphatic heterocycles. The Morgan fingerprint density at radius 3 is 2.33 bits per heavy atom. The molecule has 0 aromatic heterocycles. The van der Waals surface area contributed by atoms with Gasteiger partial charge in [-0.15, -0.1) is 0 Å². The molecule has 1 aromatic rings. The van der Waals surface area contributed by atoms with Gasteiger partial charge in [-0.2, -0.15) is 0 Å². The lowest BCUT2D eigenvalue weighted by atomic mass is 10.1. The highest BCUT2D eigenvalue weighted by molar-refractivity contribution is 8.13. The number of benzene rings is 1. The minimum absolute atomic E-state index is 0.188. The molecule has 0 bridgehead atoms. The minimum Gasteiger partial charge on any atom is -0.507 e. The van der Waals surface area contributed by atoms with Crippen LogP contribution in [0.25, 0.3) is 0 Å². The average molecular weight is 251 g/mol. The Labute approximate surface area is 90.3 Å². The standard InChI is InChI=1S/C8H7ClO5S/c1-4-2-6(10)5(8(11)12)3-7(4)15(9,13)14/h2-3,10H,1H3,(H,11,12). The summed E-state index contributed by atoms with van der Waals surface area (Å²) in [5, 5.41) is 17.9. The monoisotopic (exact) mass is 250 g/mol. The second-order valence-electron chi connectivity index (χ2n) is 2.88. The van der Waals surface area contributed by atoms with Crippen LogP contribution in [0.4, 0.5) is 0 Å². The number of carboxylic acid groups (broad SMARTS) is 1. The number of hydrogen-bond acceptors (Lipinski definition) is 4.